The minimum atomic E-state index is -0.541. The van der Waals surface area contributed by atoms with Crippen LogP contribution < -0.4 is 14.0 Å². The Morgan fingerprint density at radius 2 is 2.11 bits per heavy atom. The zero-order chi connectivity index (χ0) is 12.4. The van der Waals surface area contributed by atoms with Crippen molar-refractivity contribution in [2.45, 2.75) is 12.6 Å². The first-order valence-corrected chi connectivity index (χ1v) is 6.76. The van der Waals surface area contributed by atoms with Crippen LogP contribution in [0.5, 0.6) is 11.5 Å². The Balaban J connectivity index is 1.79. The monoisotopic (exact) mass is 264 g/mol. The summed E-state index contributed by atoms with van der Waals surface area (Å²) in [6.07, 6.45) is 1.41. The van der Waals surface area contributed by atoms with Crippen LogP contribution in [0.2, 0.25) is 0 Å². The fraction of sp³-hybridized carbons (Fsp3) is 0.308. The summed E-state index contributed by atoms with van der Waals surface area (Å²) in [4.78, 5) is 0. The molecule has 1 N–H and O–H groups in total. The quantitative estimate of drug-likeness (QED) is 0.855. The van der Waals surface area contributed by atoms with E-state index in [2.05, 4.69) is 0 Å². The molecule has 1 aliphatic heterocycles. The summed E-state index contributed by atoms with van der Waals surface area (Å²) < 4.78 is 12.9. The lowest BCUT2D eigenvalue weighted by atomic mass is 10.1. The maximum absolute atomic E-state index is 10.2. The third kappa shape index (κ3) is 2.32. The average Bonchev–Trinajstić information content (AvgIpc) is 2.91. The van der Waals surface area contributed by atoms with Gasteiger partial charge in [-0.3, -0.25) is 0 Å². The Kier molecular flexibility index (Phi) is 3.17. The van der Waals surface area contributed by atoms with Crippen LogP contribution in [0.1, 0.15) is 11.7 Å². The van der Waals surface area contributed by atoms with E-state index >= 15 is 0 Å². The molecule has 1 unspecified atom stereocenters. The van der Waals surface area contributed by atoms with Gasteiger partial charge in [-0.05, 0) is 17.7 Å². The molecule has 94 valence electrons. The number of ether oxygens (including phenoxy) is 2. The zero-order valence-electron chi connectivity index (χ0n) is 9.78. The van der Waals surface area contributed by atoms with Gasteiger partial charge in [-0.1, -0.05) is 17.4 Å². The highest BCUT2D eigenvalue weighted by Gasteiger charge is 2.18. The van der Waals surface area contributed by atoms with Gasteiger partial charge in [-0.15, -0.1) is 0 Å². The number of thiazole rings is 1. The summed E-state index contributed by atoms with van der Waals surface area (Å²) >= 11 is 1.61. The molecule has 0 aliphatic carbocycles. The van der Waals surface area contributed by atoms with E-state index in [9.17, 15) is 5.11 Å². The lowest BCUT2D eigenvalue weighted by molar-refractivity contribution is -0.700. The van der Waals surface area contributed by atoms with Crippen molar-refractivity contribution in [2.24, 2.45) is 0 Å². The fourth-order valence-corrected chi connectivity index (χ4v) is 2.55. The second-order valence-corrected chi connectivity index (χ2v) is 4.90. The Hall–Kier alpha value is -1.59. The van der Waals surface area contributed by atoms with Gasteiger partial charge in [0.2, 0.25) is 5.51 Å². The highest BCUT2D eigenvalue weighted by molar-refractivity contribution is 7.07. The third-order valence-corrected chi connectivity index (χ3v) is 3.53. The van der Waals surface area contributed by atoms with Crippen molar-refractivity contribution in [2.75, 3.05) is 13.2 Å². The molecule has 18 heavy (non-hydrogen) atoms. The van der Waals surface area contributed by atoms with Gasteiger partial charge in [0, 0.05) is 0 Å². The van der Waals surface area contributed by atoms with Crippen molar-refractivity contribution < 1.29 is 19.1 Å². The number of nitrogens with zero attached hydrogens (tertiary/aromatic N) is 1. The highest BCUT2D eigenvalue weighted by atomic mass is 32.1. The predicted octanol–water partition coefficient (Wildman–Crippen LogP) is 1.54. The van der Waals surface area contributed by atoms with Crippen molar-refractivity contribution in [3.05, 3.63) is 40.8 Å². The van der Waals surface area contributed by atoms with Crippen molar-refractivity contribution in [1.29, 1.82) is 0 Å². The molecule has 5 heteroatoms. The van der Waals surface area contributed by atoms with Crippen LogP contribution in [-0.2, 0) is 6.54 Å². The number of benzene rings is 1. The van der Waals surface area contributed by atoms with Crippen molar-refractivity contribution in [3.63, 3.8) is 0 Å². The predicted molar refractivity (Wildman–Crippen MR) is 66.9 cm³/mol. The molecule has 4 nitrogen and oxygen atoms in total. The largest absolute Gasteiger partial charge is 0.486 e. The Morgan fingerprint density at radius 3 is 2.89 bits per heavy atom. The molecule has 0 spiro atoms. The van der Waals surface area contributed by atoms with Gasteiger partial charge < -0.3 is 14.6 Å². The first kappa shape index (κ1) is 11.5. The lowest BCUT2D eigenvalue weighted by Gasteiger charge is -2.19. The van der Waals surface area contributed by atoms with Crippen LogP contribution in [-0.4, -0.2) is 18.3 Å². The topological polar surface area (TPSA) is 42.6 Å². The fourth-order valence-electron chi connectivity index (χ4n) is 1.94. The molecule has 1 aromatic carbocycles. The van der Waals surface area contributed by atoms with E-state index in [1.54, 1.807) is 11.3 Å². The van der Waals surface area contributed by atoms with Crippen LogP contribution in [0.3, 0.4) is 0 Å². The first-order chi connectivity index (χ1) is 8.83. The van der Waals surface area contributed by atoms with Crippen molar-refractivity contribution >= 4 is 11.3 Å². The SMILES string of the molecule is OC(C[n+]1ccsc1)c1ccc2c(c1)OCCO2. The van der Waals surface area contributed by atoms with E-state index < -0.39 is 6.10 Å². The number of fused-ring (bicyclic) bond motifs is 1. The van der Waals surface area contributed by atoms with Gasteiger partial charge in [0.15, 0.2) is 24.2 Å². The van der Waals surface area contributed by atoms with Gasteiger partial charge in [0.1, 0.15) is 19.3 Å². The second kappa shape index (κ2) is 4.96. The smallest absolute Gasteiger partial charge is 0.224 e. The number of hydrogen-bond acceptors (Lipinski definition) is 4. The molecule has 0 radical (unpaired) electrons. The molecule has 0 saturated carbocycles. The molecule has 0 fully saturated rings. The van der Waals surface area contributed by atoms with E-state index in [1.165, 1.54) is 0 Å². The number of aromatic nitrogens is 1. The first-order valence-electron chi connectivity index (χ1n) is 5.82. The standard InChI is InChI=1S/C13H14NO3S/c15-11(8-14-3-6-18-9-14)10-1-2-12-13(7-10)17-5-4-16-12/h1-3,6-7,9,11,15H,4-5,8H2/q+1. The summed E-state index contributed by atoms with van der Waals surface area (Å²) in [5.41, 5.74) is 2.82. The molecule has 1 aliphatic rings. The van der Waals surface area contributed by atoms with E-state index in [4.69, 9.17) is 9.47 Å². The van der Waals surface area contributed by atoms with Crippen molar-refractivity contribution in [1.82, 2.24) is 0 Å². The molecule has 2 heterocycles. The zero-order valence-corrected chi connectivity index (χ0v) is 10.6. The Morgan fingerprint density at radius 1 is 1.28 bits per heavy atom. The molecule has 2 aromatic rings. The average molecular weight is 264 g/mol. The molecule has 0 bridgehead atoms. The summed E-state index contributed by atoms with van der Waals surface area (Å²) in [6.45, 7) is 1.69. The number of rotatable bonds is 3. The van der Waals surface area contributed by atoms with E-state index in [1.807, 2.05) is 39.9 Å². The van der Waals surface area contributed by atoms with Gasteiger partial charge in [-0.25, -0.2) is 0 Å². The minimum Gasteiger partial charge on any atom is -0.486 e. The number of aliphatic hydroxyl groups excluding tert-OH is 1. The highest BCUT2D eigenvalue weighted by Crippen LogP contribution is 2.32. The van der Waals surface area contributed by atoms with Crippen LogP contribution in [0.15, 0.2) is 35.3 Å². The Labute approximate surface area is 109 Å². The maximum atomic E-state index is 10.2. The maximum Gasteiger partial charge on any atom is 0.224 e. The number of aliphatic hydroxyl groups is 1. The molecular formula is C13H14NO3S+. The summed E-state index contributed by atoms with van der Waals surface area (Å²) in [7, 11) is 0. The van der Waals surface area contributed by atoms with Crippen molar-refractivity contribution in [3.8, 4) is 11.5 Å². The van der Waals surface area contributed by atoms with Crippen LogP contribution in [0.4, 0.5) is 0 Å². The molecule has 0 saturated heterocycles. The van der Waals surface area contributed by atoms with Gasteiger partial charge in [0.25, 0.3) is 0 Å². The second-order valence-electron chi connectivity index (χ2n) is 4.14. The van der Waals surface area contributed by atoms with E-state index in [0.29, 0.717) is 25.5 Å². The van der Waals surface area contributed by atoms with Crippen LogP contribution in [0, 0.1) is 0 Å². The molecule has 0 amide bonds. The number of hydrogen-bond donors (Lipinski definition) is 1. The van der Waals surface area contributed by atoms with Gasteiger partial charge in [0.05, 0.1) is 5.38 Å². The Bertz CT molecular complexity index is 527. The molecule has 1 aromatic heterocycles. The van der Waals surface area contributed by atoms with Crippen LogP contribution in [0.25, 0.3) is 0 Å². The van der Waals surface area contributed by atoms with Crippen LogP contribution >= 0.6 is 11.3 Å². The molecule has 1 atom stereocenters. The third-order valence-electron chi connectivity index (χ3n) is 2.86. The molecule has 3 rings (SSSR count). The lowest BCUT2D eigenvalue weighted by Crippen LogP contribution is -2.33. The summed E-state index contributed by atoms with van der Waals surface area (Å²) in [6, 6.07) is 5.59. The minimum absolute atomic E-state index is 0.541. The van der Waals surface area contributed by atoms with E-state index in [0.717, 1.165) is 11.3 Å². The molecular weight excluding hydrogens is 250 g/mol. The van der Waals surface area contributed by atoms with Gasteiger partial charge in [-0.2, -0.15) is 4.57 Å². The summed E-state index contributed by atoms with van der Waals surface area (Å²) in [5, 5.41) is 12.2. The normalized spacial score (nSPS) is 15.4. The summed E-state index contributed by atoms with van der Waals surface area (Å²) in [5.74, 6) is 1.47. The van der Waals surface area contributed by atoms with E-state index in [-0.39, 0.29) is 0 Å². The van der Waals surface area contributed by atoms with Gasteiger partial charge >= 0.3 is 0 Å².